The minimum Gasteiger partial charge on any atom is -0.496 e. The van der Waals surface area contributed by atoms with Crippen LogP contribution < -0.4 is 14.2 Å². The molecule has 27 heavy (non-hydrogen) atoms. The van der Waals surface area contributed by atoms with E-state index in [0.717, 1.165) is 54.2 Å². The van der Waals surface area contributed by atoms with Gasteiger partial charge in [0.1, 0.15) is 5.75 Å². The summed E-state index contributed by atoms with van der Waals surface area (Å²) in [4.78, 5) is 15.1. The summed E-state index contributed by atoms with van der Waals surface area (Å²) in [6.07, 6.45) is 2.83. The lowest BCUT2D eigenvalue weighted by molar-refractivity contribution is 0.0735. The summed E-state index contributed by atoms with van der Waals surface area (Å²) in [5.74, 6) is 2.35. The number of benzene rings is 2. The van der Waals surface area contributed by atoms with Crippen LogP contribution in [-0.4, -0.2) is 37.7 Å². The number of rotatable bonds is 3. The van der Waals surface area contributed by atoms with Crippen LogP contribution in [0.2, 0.25) is 0 Å². The van der Waals surface area contributed by atoms with Crippen molar-refractivity contribution in [3.8, 4) is 17.2 Å². The van der Waals surface area contributed by atoms with Crippen molar-refractivity contribution in [1.82, 2.24) is 4.90 Å². The van der Waals surface area contributed by atoms with E-state index in [9.17, 15) is 4.79 Å². The molecule has 5 heteroatoms. The molecule has 0 aromatic heterocycles. The van der Waals surface area contributed by atoms with E-state index in [1.807, 2.05) is 42.2 Å². The third kappa shape index (κ3) is 3.46. The Labute approximate surface area is 159 Å². The van der Waals surface area contributed by atoms with Gasteiger partial charge in [0, 0.05) is 18.5 Å². The van der Waals surface area contributed by atoms with Crippen LogP contribution in [-0.2, 0) is 0 Å². The first-order chi connectivity index (χ1) is 13.2. The number of aryl methyl sites for hydroxylation is 1. The van der Waals surface area contributed by atoms with Crippen molar-refractivity contribution in [2.24, 2.45) is 0 Å². The number of carbonyl (C=O) groups excluding carboxylic acids is 1. The normalized spacial score (nSPS) is 18.9. The van der Waals surface area contributed by atoms with Crippen molar-refractivity contribution >= 4 is 5.91 Å². The van der Waals surface area contributed by atoms with Gasteiger partial charge in [-0.1, -0.05) is 12.1 Å². The third-order valence-electron chi connectivity index (χ3n) is 5.33. The summed E-state index contributed by atoms with van der Waals surface area (Å²) in [6.45, 7) is 4.07. The second kappa shape index (κ2) is 7.51. The molecule has 0 N–H and O–H groups in total. The molecule has 0 spiro atoms. The van der Waals surface area contributed by atoms with Crippen molar-refractivity contribution in [2.75, 3.05) is 26.9 Å². The van der Waals surface area contributed by atoms with E-state index in [1.165, 1.54) is 0 Å². The Hall–Kier alpha value is -2.69. The molecule has 4 rings (SSSR count). The molecule has 2 heterocycles. The van der Waals surface area contributed by atoms with Crippen LogP contribution in [0.1, 0.15) is 46.8 Å². The fourth-order valence-corrected chi connectivity index (χ4v) is 3.86. The molecule has 142 valence electrons. The van der Waals surface area contributed by atoms with Crippen LogP contribution in [0.25, 0.3) is 0 Å². The first kappa shape index (κ1) is 17.7. The highest BCUT2D eigenvalue weighted by Gasteiger charge is 2.31. The Morgan fingerprint density at radius 3 is 2.70 bits per heavy atom. The van der Waals surface area contributed by atoms with Crippen molar-refractivity contribution in [3.63, 3.8) is 0 Å². The van der Waals surface area contributed by atoms with E-state index in [4.69, 9.17) is 14.2 Å². The molecule has 1 fully saturated rings. The molecule has 0 aliphatic carbocycles. The van der Waals surface area contributed by atoms with Crippen LogP contribution in [0.5, 0.6) is 17.2 Å². The average molecular weight is 367 g/mol. The lowest BCUT2D eigenvalue weighted by atomic mass is 10.0. The van der Waals surface area contributed by atoms with Crippen LogP contribution in [0, 0.1) is 6.92 Å². The number of hydrogen-bond donors (Lipinski definition) is 0. The smallest absolute Gasteiger partial charge is 0.254 e. The zero-order valence-electron chi connectivity index (χ0n) is 15.9. The summed E-state index contributed by atoms with van der Waals surface area (Å²) >= 11 is 0. The number of carbonyl (C=O) groups is 1. The monoisotopic (exact) mass is 367 g/mol. The molecular formula is C22H25NO4. The van der Waals surface area contributed by atoms with E-state index in [2.05, 4.69) is 6.07 Å². The molecule has 0 bridgehead atoms. The molecule has 2 aromatic carbocycles. The van der Waals surface area contributed by atoms with Gasteiger partial charge >= 0.3 is 0 Å². The van der Waals surface area contributed by atoms with E-state index < -0.39 is 0 Å². The predicted molar refractivity (Wildman–Crippen MR) is 103 cm³/mol. The fourth-order valence-electron chi connectivity index (χ4n) is 3.86. The van der Waals surface area contributed by atoms with Crippen molar-refractivity contribution in [3.05, 3.63) is 53.1 Å². The van der Waals surface area contributed by atoms with E-state index in [1.54, 1.807) is 7.11 Å². The minimum absolute atomic E-state index is 0.0444. The second-order valence-corrected chi connectivity index (χ2v) is 7.10. The van der Waals surface area contributed by atoms with Crippen LogP contribution in [0.3, 0.4) is 0 Å². The second-order valence-electron chi connectivity index (χ2n) is 7.10. The largest absolute Gasteiger partial charge is 0.496 e. The summed E-state index contributed by atoms with van der Waals surface area (Å²) < 4.78 is 16.9. The Kier molecular flexibility index (Phi) is 4.92. The van der Waals surface area contributed by atoms with Gasteiger partial charge in [-0.25, -0.2) is 0 Å². The number of fused-ring (bicyclic) bond motifs is 1. The predicted octanol–water partition coefficient (Wildman–Crippen LogP) is 4.14. The highest BCUT2D eigenvalue weighted by molar-refractivity contribution is 5.95. The quantitative estimate of drug-likeness (QED) is 0.818. The van der Waals surface area contributed by atoms with Crippen molar-refractivity contribution < 1.29 is 19.0 Å². The van der Waals surface area contributed by atoms with E-state index in [-0.39, 0.29) is 11.9 Å². The van der Waals surface area contributed by atoms with Gasteiger partial charge in [0.05, 0.1) is 26.4 Å². The van der Waals surface area contributed by atoms with Crippen molar-refractivity contribution in [1.29, 1.82) is 0 Å². The first-order valence-corrected chi connectivity index (χ1v) is 9.52. The third-order valence-corrected chi connectivity index (χ3v) is 5.33. The highest BCUT2D eigenvalue weighted by Crippen LogP contribution is 2.38. The molecule has 2 aromatic rings. The Bertz CT molecular complexity index is 848. The highest BCUT2D eigenvalue weighted by atomic mass is 16.5. The molecule has 0 saturated carbocycles. The standard InChI is InChI=1S/C22H25NO4/c1-15-6-7-17(14-20(15)25-2)22(24)23-10-3-5-18(23)16-8-9-19-21(13-16)27-12-4-11-26-19/h6-9,13-14,18H,3-5,10-12H2,1-2H3. The molecule has 1 atom stereocenters. The van der Waals surface area contributed by atoms with Gasteiger partial charge in [-0.2, -0.15) is 0 Å². The Balaban J connectivity index is 1.61. The van der Waals surface area contributed by atoms with Crippen LogP contribution >= 0.6 is 0 Å². The topological polar surface area (TPSA) is 48.0 Å². The lowest BCUT2D eigenvalue weighted by Crippen LogP contribution is -2.30. The zero-order valence-corrected chi connectivity index (χ0v) is 15.9. The Morgan fingerprint density at radius 2 is 1.89 bits per heavy atom. The molecule has 0 radical (unpaired) electrons. The van der Waals surface area contributed by atoms with Crippen molar-refractivity contribution in [2.45, 2.75) is 32.2 Å². The van der Waals surface area contributed by atoms with Gasteiger partial charge in [0.15, 0.2) is 11.5 Å². The van der Waals surface area contributed by atoms with Crippen LogP contribution in [0.4, 0.5) is 0 Å². The summed E-state index contributed by atoms with van der Waals surface area (Å²) in [5, 5.41) is 0. The molecule has 1 amide bonds. The maximum Gasteiger partial charge on any atom is 0.254 e. The van der Waals surface area contributed by atoms with Gasteiger partial charge in [-0.05, 0) is 55.2 Å². The van der Waals surface area contributed by atoms with Gasteiger partial charge in [0.2, 0.25) is 0 Å². The number of amides is 1. The maximum atomic E-state index is 13.2. The average Bonchev–Trinajstić information content (AvgIpc) is 3.06. The Morgan fingerprint density at radius 1 is 1.07 bits per heavy atom. The van der Waals surface area contributed by atoms with Crippen LogP contribution in [0.15, 0.2) is 36.4 Å². The maximum absolute atomic E-state index is 13.2. The molecule has 2 aliphatic rings. The summed E-state index contributed by atoms with van der Waals surface area (Å²) in [7, 11) is 1.63. The number of hydrogen-bond acceptors (Lipinski definition) is 4. The first-order valence-electron chi connectivity index (χ1n) is 9.52. The van der Waals surface area contributed by atoms with Gasteiger partial charge in [-0.3, -0.25) is 4.79 Å². The van der Waals surface area contributed by atoms with Gasteiger partial charge < -0.3 is 19.1 Å². The zero-order chi connectivity index (χ0) is 18.8. The van der Waals surface area contributed by atoms with E-state index >= 15 is 0 Å². The van der Waals surface area contributed by atoms with E-state index in [0.29, 0.717) is 18.8 Å². The number of likely N-dealkylation sites (tertiary alicyclic amines) is 1. The fraction of sp³-hybridized carbons (Fsp3) is 0.409. The summed E-state index contributed by atoms with van der Waals surface area (Å²) in [5.41, 5.74) is 2.79. The SMILES string of the molecule is COc1cc(C(=O)N2CCCC2c2ccc3c(c2)OCCCO3)ccc1C. The summed E-state index contributed by atoms with van der Waals surface area (Å²) in [6, 6.07) is 11.8. The lowest BCUT2D eigenvalue weighted by Gasteiger charge is -2.26. The molecule has 1 saturated heterocycles. The van der Waals surface area contributed by atoms with Gasteiger partial charge in [0.25, 0.3) is 5.91 Å². The number of ether oxygens (including phenoxy) is 3. The minimum atomic E-state index is 0.0444. The molecular weight excluding hydrogens is 342 g/mol. The van der Waals surface area contributed by atoms with Gasteiger partial charge in [-0.15, -0.1) is 0 Å². The number of methoxy groups -OCH3 is 1. The molecule has 5 nitrogen and oxygen atoms in total. The molecule has 1 unspecified atom stereocenters. The number of nitrogens with zero attached hydrogens (tertiary/aromatic N) is 1. The molecule has 2 aliphatic heterocycles.